The first-order valence-corrected chi connectivity index (χ1v) is 14.5. The molecule has 38 heavy (non-hydrogen) atoms. The van der Waals surface area contributed by atoms with Crippen LogP contribution in [0.4, 0.5) is 5.69 Å². The molecule has 4 heteroatoms. The van der Waals surface area contributed by atoms with Crippen LogP contribution in [0.5, 0.6) is 0 Å². The summed E-state index contributed by atoms with van der Waals surface area (Å²) in [5.41, 5.74) is 15.2. The van der Waals surface area contributed by atoms with Gasteiger partial charge in [-0.1, -0.05) is 63.8 Å². The van der Waals surface area contributed by atoms with Crippen LogP contribution < -0.4 is 16.0 Å². The summed E-state index contributed by atoms with van der Waals surface area (Å²) < 4.78 is 0. The van der Waals surface area contributed by atoms with E-state index in [4.69, 9.17) is 5.73 Å². The lowest BCUT2D eigenvalue weighted by molar-refractivity contribution is 0.0927. The Labute approximate surface area is 232 Å². The number of benzene rings is 2. The molecule has 2 fully saturated rings. The van der Waals surface area contributed by atoms with Crippen molar-refractivity contribution in [2.24, 2.45) is 16.6 Å². The van der Waals surface area contributed by atoms with Gasteiger partial charge < -0.3 is 16.0 Å². The monoisotopic (exact) mass is 514 g/mol. The number of aryl methyl sites for hydroxylation is 2. The zero-order valence-corrected chi connectivity index (χ0v) is 24.5. The molecule has 1 spiro atoms. The van der Waals surface area contributed by atoms with Gasteiger partial charge in [-0.15, -0.1) is 0 Å². The van der Waals surface area contributed by atoms with E-state index in [9.17, 15) is 0 Å². The predicted octanol–water partition coefficient (Wildman–Crippen LogP) is 6.85. The summed E-state index contributed by atoms with van der Waals surface area (Å²) in [7, 11) is 0. The third-order valence-corrected chi connectivity index (χ3v) is 8.69. The van der Waals surface area contributed by atoms with E-state index in [1.807, 2.05) is 6.08 Å². The van der Waals surface area contributed by atoms with Crippen molar-refractivity contribution in [1.29, 1.82) is 0 Å². The van der Waals surface area contributed by atoms with Gasteiger partial charge in [-0.25, -0.2) is 0 Å². The molecular weight excluding hydrogens is 464 g/mol. The third-order valence-electron chi connectivity index (χ3n) is 8.69. The van der Waals surface area contributed by atoms with Gasteiger partial charge in [0.1, 0.15) is 0 Å². The van der Waals surface area contributed by atoms with E-state index < -0.39 is 0 Å². The van der Waals surface area contributed by atoms with Crippen molar-refractivity contribution in [3.8, 4) is 0 Å². The van der Waals surface area contributed by atoms with Gasteiger partial charge in [0.15, 0.2) is 0 Å². The molecule has 2 aliphatic rings. The minimum atomic E-state index is -0.0960. The van der Waals surface area contributed by atoms with Crippen LogP contribution in [0.1, 0.15) is 74.8 Å². The quantitative estimate of drug-likeness (QED) is 0.404. The van der Waals surface area contributed by atoms with Crippen molar-refractivity contribution in [2.75, 3.05) is 44.2 Å². The highest BCUT2D eigenvalue weighted by atomic mass is 15.2. The Balaban J connectivity index is 1.42. The summed E-state index contributed by atoms with van der Waals surface area (Å²) in [6.07, 6.45) is 9.28. The maximum absolute atomic E-state index is 6.92. The molecule has 0 aromatic heterocycles. The molecule has 2 saturated heterocycles. The topological polar surface area (TPSA) is 44.5 Å². The molecule has 2 aliphatic heterocycles. The molecule has 2 aromatic carbocycles. The molecule has 0 radical (unpaired) electrons. The van der Waals surface area contributed by atoms with Crippen molar-refractivity contribution in [3.05, 3.63) is 83.1 Å². The normalized spacial score (nSPS) is 19.4. The fraction of sp³-hybridized carbons (Fsp3) is 0.529. The van der Waals surface area contributed by atoms with Gasteiger partial charge in [-0.3, -0.25) is 4.90 Å². The van der Waals surface area contributed by atoms with Crippen LogP contribution in [0.3, 0.4) is 0 Å². The lowest BCUT2D eigenvalue weighted by Crippen LogP contribution is -2.50. The number of nitrogens with two attached hydrogens (primary N) is 1. The van der Waals surface area contributed by atoms with Gasteiger partial charge in [0.05, 0.1) is 6.04 Å². The summed E-state index contributed by atoms with van der Waals surface area (Å²) >= 11 is 0. The highest BCUT2D eigenvalue weighted by Gasteiger charge is 2.38. The van der Waals surface area contributed by atoms with Gasteiger partial charge in [-0.05, 0) is 110 Å². The molecule has 4 rings (SSSR count). The summed E-state index contributed by atoms with van der Waals surface area (Å²) in [5.74, 6) is 0. The van der Waals surface area contributed by atoms with Crippen molar-refractivity contribution in [3.63, 3.8) is 0 Å². The molecule has 4 nitrogen and oxygen atoms in total. The zero-order chi connectivity index (χ0) is 27.3. The van der Waals surface area contributed by atoms with Gasteiger partial charge in [0.25, 0.3) is 0 Å². The second-order valence-electron chi connectivity index (χ2n) is 13.1. The van der Waals surface area contributed by atoms with Gasteiger partial charge in [0.2, 0.25) is 0 Å². The second-order valence-corrected chi connectivity index (χ2v) is 13.1. The summed E-state index contributed by atoms with van der Waals surface area (Å²) in [6, 6.07) is 15.5. The maximum atomic E-state index is 6.92. The Hall–Kier alpha value is -2.56. The minimum Gasteiger partial charge on any atom is -0.390 e. The van der Waals surface area contributed by atoms with Crippen LogP contribution in [-0.4, -0.2) is 44.2 Å². The third kappa shape index (κ3) is 7.30. The Kier molecular flexibility index (Phi) is 9.05. The first kappa shape index (κ1) is 28.4. The first-order valence-electron chi connectivity index (χ1n) is 14.5. The number of piperidine rings is 2. The van der Waals surface area contributed by atoms with Gasteiger partial charge >= 0.3 is 0 Å². The molecule has 2 heterocycles. The second kappa shape index (κ2) is 12.1. The molecule has 206 valence electrons. The van der Waals surface area contributed by atoms with Crippen LogP contribution in [0.2, 0.25) is 0 Å². The number of likely N-dealkylation sites (tertiary alicyclic amines) is 1. The number of anilines is 1. The van der Waals surface area contributed by atoms with Crippen LogP contribution >= 0.6 is 0 Å². The number of hydrogen-bond acceptors (Lipinski definition) is 4. The average molecular weight is 515 g/mol. The molecular formula is C34H50N4. The average Bonchev–Trinajstić information content (AvgIpc) is 2.90. The van der Waals surface area contributed by atoms with Gasteiger partial charge in [0, 0.05) is 31.9 Å². The van der Waals surface area contributed by atoms with E-state index in [1.165, 1.54) is 65.7 Å². The molecule has 2 aromatic rings. The Morgan fingerprint density at radius 2 is 1.74 bits per heavy atom. The number of nitrogens with one attached hydrogen (secondary N) is 1. The molecule has 1 unspecified atom stereocenters. The van der Waals surface area contributed by atoms with E-state index in [2.05, 4.69) is 105 Å². The summed E-state index contributed by atoms with van der Waals surface area (Å²) in [4.78, 5) is 5.25. The summed E-state index contributed by atoms with van der Waals surface area (Å²) in [5, 5.41) is 3.60. The van der Waals surface area contributed by atoms with E-state index in [-0.39, 0.29) is 11.5 Å². The highest BCUT2D eigenvalue weighted by Crippen LogP contribution is 2.41. The number of nitrogens with zero attached hydrogens (tertiary/aromatic N) is 2. The molecule has 3 N–H and O–H groups in total. The maximum Gasteiger partial charge on any atom is 0.0540 e. The van der Waals surface area contributed by atoms with Crippen molar-refractivity contribution in [2.45, 2.75) is 66.3 Å². The van der Waals surface area contributed by atoms with E-state index in [0.29, 0.717) is 5.41 Å². The SMILES string of the molecule is C=Cc1ccc(N2CCCC3(CCN(C/C(=C/NCC(C)(C)C)C(N)c4ccc(C)c(C)c4)CC3)C2)cc1. The van der Waals surface area contributed by atoms with Crippen LogP contribution in [0, 0.1) is 24.7 Å². The molecule has 0 saturated carbocycles. The van der Waals surface area contributed by atoms with E-state index in [0.717, 1.165) is 32.7 Å². The van der Waals surface area contributed by atoms with Crippen LogP contribution in [0.25, 0.3) is 6.08 Å². The fourth-order valence-corrected chi connectivity index (χ4v) is 6.00. The molecule has 0 aliphatic carbocycles. The smallest absolute Gasteiger partial charge is 0.0540 e. The largest absolute Gasteiger partial charge is 0.390 e. The molecule has 0 bridgehead atoms. The van der Waals surface area contributed by atoms with Crippen LogP contribution in [0.15, 0.2) is 60.8 Å². The molecule has 1 atom stereocenters. The first-order chi connectivity index (χ1) is 18.1. The minimum absolute atomic E-state index is 0.0960. The number of hydrogen-bond donors (Lipinski definition) is 2. The zero-order valence-electron chi connectivity index (χ0n) is 24.5. The van der Waals surface area contributed by atoms with Crippen molar-refractivity contribution >= 4 is 11.8 Å². The Morgan fingerprint density at radius 1 is 1.03 bits per heavy atom. The fourth-order valence-electron chi connectivity index (χ4n) is 6.00. The van der Waals surface area contributed by atoms with Gasteiger partial charge in [-0.2, -0.15) is 0 Å². The highest BCUT2D eigenvalue weighted by molar-refractivity contribution is 5.55. The lowest BCUT2D eigenvalue weighted by atomic mass is 9.72. The predicted molar refractivity (Wildman–Crippen MR) is 164 cm³/mol. The number of rotatable bonds is 8. The molecule has 0 amide bonds. The summed E-state index contributed by atoms with van der Waals surface area (Å²) in [6.45, 7) is 21.5. The standard InChI is InChI=1S/C34H50N4/c1-7-28-10-13-31(14-11-28)38-18-8-15-34(25-38)16-19-37(20-17-34)23-30(22-36-24-33(4,5)6)32(35)29-12-9-26(2)27(3)21-29/h7,9-14,21-22,32,36H,1,8,15-20,23-25,35H2,2-6H3/b30-22-. The Bertz CT molecular complexity index is 1100. The van der Waals surface area contributed by atoms with E-state index in [1.54, 1.807) is 0 Å². The van der Waals surface area contributed by atoms with Crippen molar-refractivity contribution in [1.82, 2.24) is 10.2 Å². The van der Waals surface area contributed by atoms with E-state index >= 15 is 0 Å². The van der Waals surface area contributed by atoms with Crippen molar-refractivity contribution < 1.29 is 0 Å². The van der Waals surface area contributed by atoms with Crippen LogP contribution in [-0.2, 0) is 0 Å². The Morgan fingerprint density at radius 3 is 2.37 bits per heavy atom. The lowest BCUT2D eigenvalue weighted by Gasteiger charge is -2.48.